The van der Waals surface area contributed by atoms with Crippen LogP contribution in [0.15, 0.2) is 16.7 Å². The molecule has 0 amide bonds. The summed E-state index contributed by atoms with van der Waals surface area (Å²) in [5.74, 6) is -0.0122. The molecule has 1 aromatic rings. The summed E-state index contributed by atoms with van der Waals surface area (Å²) in [5, 5.41) is 3.41. The summed E-state index contributed by atoms with van der Waals surface area (Å²) in [4.78, 5) is 3.94. The van der Waals surface area contributed by atoms with Gasteiger partial charge in [-0.3, -0.25) is 0 Å². The van der Waals surface area contributed by atoms with E-state index in [1.54, 1.807) is 18.0 Å². The molecule has 0 aliphatic heterocycles. The largest absolute Gasteiger partial charge is 0.367 e. The average molecular weight is 279 g/mol. The minimum absolute atomic E-state index is 0.314. The zero-order chi connectivity index (χ0) is 10.6. The van der Waals surface area contributed by atoms with E-state index in [1.807, 2.05) is 6.26 Å². The van der Waals surface area contributed by atoms with Gasteiger partial charge in [-0.2, -0.15) is 11.8 Å². The van der Waals surface area contributed by atoms with Crippen molar-refractivity contribution in [2.45, 2.75) is 12.2 Å². The van der Waals surface area contributed by atoms with E-state index >= 15 is 0 Å². The Morgan fingerprint density at radius 3 is 3.00 bits per heavy atom. The van der Waals surface area contributed by atoms with Crippen molar-refractivity contribution in [2.75, 3.05) is 18.1 Å². The van der Waals surface area contributed by atoms with Crippen molar-refractivity contribution in [3.63, 3.8) is 0 Å². The quantitative estimate of drug-likeness (QED) is 0.916. The second-order valence-electron chi connectivity index (χ2n) is 2.91. The van der Waals surface area contributed by atoms with Gasteiger partial charge in [-0.15, -0.1) is 0 Å². The second-order valence-corrected chi connectivity index (χ2v) is 5.10. The topological polar surface area (TPSA) is 24.9 Å². The molecule has 2 nitrogen and oxygen atoms in total. The molecule has 0 fully saturated rings. The number of pyridine rings is 1. The molecule has 0 spiro atoms. The first-order valence-corrected chi connectivity index (χ1v) is 6.29. The van der Waals surface area contributed by atoms with Crippen LogP contribution < -0.4 is 5.32 Å². The van der Waals surface area contributed by atoms with Gasteiger partial charge in [0.25, 0.3) is 0 Å². The fourth-order valence-electron chi connectivity index (χ4n) is 0.868. The van der Waals surface area contributed by atoms with Crippen LogP contribution >= 0.6 is 27.7 Å². The van der Waals surface area contributed by atoms with Crippen molar-refractivity contribution >= 4 is 33.5 Å². The predicted molar refractivity (Wildman–Crippen MR) is 63.4 cm³/mol. The Bertz CT molecular complexity index is 309. The number of anilines is 1. The maximum absolute atomic E-state index is 13.2. The lowest BCUT2D eigenvalue weighted by molar-refractivity contribution is 0.623. The standard InChI is InChI=1S/C9H12BrFN2S/c1-6(14-2)4-12-9-8(11)3-7(10)5-13-9/h3,5-6H,4H2,1-2H3,(H,12,13). The minimum Gasteiger partial charge on any atom is -0.367 e. The normalized spacial score (nSPS) is 12.6. The molecular weight excluding hydrogens is 267 g/mol. The molecule has 14 heavy (non-hydrogen) atoms. The van der Waals surface area contributed by atoms with Gasteiger partial charge >= 0.3 is 0 Å². The minimum atomic E-state index is -0.326. The molecule has 0 aliphatic rings. The summed E-state index contributed by atoms with van der Waals surface area (Å²) in [6, 6.07) is 1.40. The van der Waals surface area contributed by atoms with Crippen molar-refractivity contribution in [2.24, 2.45) is 0 Å². The van der Waals surface area contributed by atoms with Gasteiger partial charge in [-0.05, 0) is 28.3 Å². The first kappa shape index (κ1) is 11.8. The van der Waals surface area contributed by atoms with Crippen LogP contribution in [0.3, 0.4) is 0 Å². The maximum atomic E-state index is 13.2. The summed E-state index contributed by atoms with van der Waals surface area (Å²) in [6.45, 7) is 2.79. The number of nitrogens with zero attached hydrogens (tertiary/aromatic N) is 1. The monoisotopic (exact) mass is 278 g/mol. The molecule has 0 aromatic carbocycles. The summed E-state index contributed by atoms with van der Waals surface area (Å²) in [7, 11) is 0. The fourth-order valence-corrected chi connectivity index (χ4v) is 1.42. The predicted octanol–water partition coefficient (Wildman–Crippen LogP) is 3.15. The van der Waals surface area contributed by atoms with Crippen LogP contribution in [0.5, 0.6) is 0 Å². The van der Waals surface area contributed by atoms with Gasteiger partial charge in [-0.1, -0.05) is 6.92 Å². The van der Waals surface area contributed by atoms with Gasteiger partial charge in [0.2, 0.25) is 0 Å². The Morgan fingerprint density at radius 2 is 2.43 bits per heavy atom. The summed E-state index contributed by atoms with van der Waals surface area (Å²) in [5.41, 5.74) is 0. The van der Waals surface area contributed by atoms with Gasteiger partial charge in [0.15, 0.2) is 11.6 Å². The molecule has 78 valence electrons. The van der Waals surface area contributed by atoms with Crippen molar-refractivity contribution < 1.29 is 4.39 Å². The zero-order valence-corrected chi connectivity index (χ0v) is 10.5. The number of hydrogen-bond acceptors (Lipinski definition) is 3. The number of aromatic nitrogens is 1. The van der Waals surface area contributed by atoms with E-state index in [2.05, 4.69) is 33.2 Å². The molecule has 1 N–H and O–H groups in total. The maximum Gasteiger partial charge on any atom is 0.166 e. The number of halogens is 2. The zero-order valence-electron chi connectivity index (χ0n) is 8.05. The Hall–Kier alpha value is -0.290. The van der Waals surface area contributed by atoms with E-state index in [-0.39, 0.29) is 5.82 Å². The lowest BCUT2D eigenvalue weighted by Gasteiger charge is -2.10. The van der Waals surface area contributed by atoms with Crippen LogP contribution in [0.25, 0.3) is 0 Å². The molecule has 0 saturated carbocycles. The Balaban J connectivity index is 2.59. The smallest absolute Gasteiger partial charge is 0.166 e. The van der Waals surface area contributed by atoms with Gasteiger partial charge in [-0.25, -0.2) is 9.37 Å². The number of nitrogens with one attached hydrogen (secondary N) is 1. The van der Waals surface area contributed by atoms with Crippen molar-refractivity contribution in [3.8, 4) is 0 Å². The second kappa shape index (κ2) is 5.56. The molecule has 1 rings (SSSR count). The summed E-state index contributed by atoms with van der Waals surface area (Å²) < 4.78 is 13.9. The van der Waals surface area contributed by atoms with Gasteiger partial charge in [0, 0.05) is 22.5 Å². The molecule has 1 heterocycles. The highest BCUT2D eigenvalue weighted by Gasteiger charge is 2.05. The first-order valence-electron chi connectivity index (χ1n) is 4.21. The molecule has 0 aliphatic carbocycles. The van der Waals surface area contributed by atoms with Crippen LogP contribution in [0.2, 0.25) is 0 Å². The van der Waals surface area contributed by atoms with E-state index in [0.29, 0.717) is 22.1 Å². The highest BCUT2D eigenvalue weighted by molar-refractivity contribution is 9.10. The van der Waals surface area contributed by atoms with Crippen LogP contribution in [0, 0.1) is 5.82 Å². The molecule has 1 aromatic heterocycles. The lowest BCUT2D eigenvalue weighted by Crippen LogP contribution is -2.14. The number of thioether (sulfide) groups is 1. The van der Waals surface area contributed by atoms with Gasteiger partial charge in [0.05, 0.1) is 0 Å². The molecule has 0 saturated heterocycles. The fraction of sp³-hybridized carbons (Fsp3) is 0.444. The first-order chi connectivity index (χ1) is 6.63. The highest BCUT2D eigenvalue weighted by atomic mass is 79.9. The number of rotatable bonds is 4. The Morgan fingerprint density at radius 1 is 1.71 bits per heavy atom. The summed E-state index contributed by atoms with van der Waals surface area (Å²) >= 11 is 4.89. The van der Waals surface area contributed by atoms with Crippen LogP contribution in [-0.2, 0) is 0 Å². The van der Waals surface area contributed by atoms with Gasteiger partial charge in [0.1, 0.15) is 0 Å². The van der Waals surface area contributed by atoms with E-state index in [4.69, 9.17) is 0 Å². The molecule has 1 atom stereocenters. The highest BCUT2D eigenvalue weighted by Crippen LogP contribution is 2.16. The van der Waals surface area contributed by atoms with E-state index in [1.165, 1.54) is 6.07 Å². The lowest BCUT2D eigenvalue weighted by atomic mass is 10.4. The Labute approximate surface area is 95.8 Å². The van der Waals surface area contributed by atoms with E-state index in [0.717, 1.165) is 0 Å². The summed E-state index contributed by atoms with van der Waals surface area (Å²) in [6.07, 6.45) is 3.60. The third-order valence-corrected chi connectivity index (χ3v) is 3.17. The molecule has 5 heteroatoms. The van der Waals surface area contributed by atoms with Crippen molar-refractivity contribution in [1.29, 1.82) is 0 Å². The Kier molecular flexibility index (Phi) is 4.68. The molecule has 1 unspecified atom stereocenters. The van der Waals surface area contributed by atoms with Crippen molar-refractivity contribution in [3.05, 3.63) is 22.6 Å². The number of hydrogen-bond donors (Lipinski definition) is 1. The SMILES string of the molecule is CSC(C)CNc1ncc(Br)cc1F. The van der Waals surface area contributed by atoms with Gasteiger partial charge < -0.3 is 5.32 Å². The van der Waals surface area contributed by atoms with E-state index in [9.17, 15) is 4.39 Å². The van der Waals surface area contributed by atoms with E-state index < -0.39 is 0 Å². The third-order valence-electron chi connectivity index (χ3n) is 1.77. The third kappa shape index (κ3) is 3.46. The average Bonchev–Trinajstić information content (AvgIpc) is 2.16. The van der Waals surface area contributed by atoms with Crippen LogP contribution in [-0.4, -0.2) is 23.0 Å². The molecular formula is C9H12BrFN2S. The van der Waals surface area contributed by atoms with Crippen LogP contribution in [0.4, 0.5) is 10.2 Å². The molecule has 0 radical (unpaired) electrons. The van der Waals surface area contributed by atoms with Crippen molar-refractivity contribution in [1.82, 2.24) is 4.98 Å². The molecule has 0 bridgehead atoms. The van der Waals surface area contributed by atoms with Crippen LogP contribution in [0.1, 0.15) is 6.92 Å².